The monoisotopic (exact) mass is 394 g/mol. The normalized spacial score (nSPS) is 18.8. The molecule has 2 aromatic carbocycles. The molecule has 1 saturated heterocycles. The van der Waals surface area contributed by atoms with E-state index in [4.69, 9.17) is 0 Å². The first-order valence-electron chi connectivity index (χ1n) is 10.9. The Morgan fingerprint density at radius 1 is 1.07 bits per heavy atom. The molecule has 3 atom stereocenters. The maximum atomic E-state index is 12.9. The maximum absolute atomic E-state index is 12.9. The zero-order valence-electron chi connectivity index (χ0n) is 17.8. The van der Waals surface area contributed by atoms with Gasteiger partial charge < -0.3 is 10.4 Å². The van der Waals surface area contributed by atoms with E-state index in [0.29, 0.717) is 5.92 Å². The zero-order chi connectivity index (χ0) is 20.8. The lowest BCUT2D eigenvalue weighted by Gasteiger charge is -2.37. The van der Waals surface area contributed by atoms with Gasteiger partial charge in [0.15, 0.2) is 0 Å². The molecule has 1 heterocycles. The van der Waals surface area contributed by atoms with Gasteiger partial charge in [-0.3, -0.25) is 9.69 Å². The second-order valence-electron chi connectivity index (χ2n) is 8.29. The van der Waals surface area contributed by atoms with Crippen molar-refractivity contribution in [1.82, 2.24) is 4.90 Å². The molecule has 2 aromatic rings. The summed E-state index contributed by atoms with van der Waals surface area (Å²) in [6.45, 7) is 8.00. The fourth-order valence-electron chi connectivity index (χ4n) is 4.21. The number of rotatable bonds is 7. The largest absolute Gasteiger partial charge is 0.388 e. The summed E-state index contributed by atoms with van der Waals surface area (Å²) in [5.41, 5.74) is 3.10. The molecule has 0 bridgehead atoms. The number of likely N-dealkylation sites (tertiary alicyclic amines) is 1. The van der Waals surface area contributed by atoms with Crippen molar-refractivity contribution in [1.29, 1.82) is 0 Å². The number of benzene rings is 2. The van der Waals surface area contributed by atoms with Crippen molar-refractivity contribution in [2.24, 2.45) is 5.92 Å². The molecule has 2 N–H and O–H groups in total. The van der Waals surface area contributed by atoms with Gasteiger partial charge in [-0.25, -0.2) is 0 Å². The van der Waals surface area contributed by atoms with Gasteiger partial charge in [-0.2, -0.15) is 0 Å². The van der Waals surface area contributed by atoms with E-state index in [1.54, 1.807) is 0 Å². The van der Waals surface area contributed by atoms with Crippen molar-refractivity contribution in [2.75, 3.05) is 18.4 Å². The summed E-state index contributed by atoms with van der Waals surface area (Å²) in [5.74, 6) is 0.704. The third-order valence-electron chi connectivity index (χ3n) is 6.45. The first-order chi connectivity index (χ1) is 14.0. The Morgan fingerprint density at radius 3 is 2.34 bits per heavy atom. The van der Waals surface area contributed by atoms with Crippen molar-refractivity contribution in [3.05, 3.63) is 65.7 Å². The van der Waals surface area contributed by atoms with E-state index in [1.165, 1.54) is 5.56 Å². The highest BCUT2D eigenvalue weighted by molar-refractivity contribution is 5.95. The van der Waals surface area contributed by atoms with Gasteiger partial charge >= 0.3 is 0 Å². The summed E-state index contributed by atoms with van der Waals surface area (Å²) in [7, 11) is 0. The second-order valence-corrected chi connectivity index (χ2v) is 8.29. The first kappa shape index (κ1) is 21.5. The number of nitrogens with zero attached hydrogens (tertiary/aromatic N) is 1. The Labute approximate surface area is 174 Å². The van der Waals surface area contributed by atoms with Crippen LogP contribution in [-0.2, 0) is 4.79 Å². The standard InChI is InChI=1S/C25H34N2O2/c1-4-18(2)22-12-8-9-13-23(22)26-25(29)19(3)27-16-14-21(15-17-27)24(28)20-10-6-5-7-11-20/h5-13,18-19,21,24,28H,4,14-17H2,1-3H3,(H,26,29). The van der Waals surface area contributed by atoms with Gasteiger partial charge in [0, 0.05) is 5.69 Å². The molecular weight excluding hydrogens is 360 g/mol. The number of hydrogen-bond acceptors (Lipinski definition) is 3. The van der Waals surface area contributed by atoms with Crippen molar-refractivity contribution in [3.63, 3.8) is 0 Å². The zero-order valence-corrected chi connectivity index (χ0v) is 17.8. The molecule has 1 aliphatic rings. The highest BCUT2D eigenvalue weighted by Crippen LogP contribution is 2.31. The van der Waals surface area contributed by atoms with Crippen molar-refractivity contribution in [3.8, 4) is 0 Å². The molecule has 4 nitrogen and oxygen atoms in total. The highest BCUT2D eigenvalue weighted by atomic mass is 16.3. The van der Waals surface area contributed by atoms with Crippen LogP contribution in [0.4, 0.5) is 5.69 Å². The summed E-state index contributed by atoms with van der Waals surface area (Å²) in [5, 5.41) is 13.8. The number of aliphatic hydroxyl groups is 1. The lowest BCUT2D eigenvalue weighted by atomic mass is 9.87. The Hall–Kier alpha value is -2.17. The van der Waals surface area contributed by atoms with Gasteiger partial charge in [-0.1, -0.05) is 62.4 Å². The van der Waals surface area contributed by atoms with Crippen LogP contribution >= 0.6 is 0 Å². The number of amides is 1. The van der Waals surface area contributed by atoms with Crippen LogP contribution in [0.15, 0.2) is 54.6 Å². The molecule has 0 spiro atoms. The van der Waals surface area contributed by atoms with E-state index < -0.39 is 6.10 Å². The van der Waals surface area contributed by atoms with E-state index in [9.17, 15) is 9.90 Å². The van der Waals surface area contributed by atoms with E-state index in [0.717, 1.165) is 43.6 Å². The van der Waals surface area contributed by atoms with Crippen molar-refractivity contribution < 1.29 is 9.90 Å². The lowest BCUT2D eigenvalue weighted by molar-refractivity contribution is -0.121. The second kappa shape index (κ2) is 10.0. The van der Waals surface area contributed by atoms with Gasteiger partial charge in [-0.15, -0.1) is 0 Å². The quantitative estimate of drug-likeness (QED) is 0.697. The summed E-state index contributed by atoms with van der Waals surface area (Å²) >= 11 is 0. The number of anilines is 1. The molecule has 3 rings (SSSR count). The minimum absolute atomic E-state index is 0.0443. The van der Waals surface area contributed by atoms with Gasteiger partial charge in [0.1, 0.15) is 0 Å². The predicted molar refractivity (Wildman–Crippen MR) is 119 cm³/mol. The summed E-state index contributed by atoms with van der Waals surface area (Å²) in [6, 6.07) is 17.8. The molecular formula is C25H34N2O2. The lowest BCUT2D eigenvalue weighted by Crippen LogP contribution is -2.46. The number of hydrogen-bond donors (Lipinski definition) is 2. The van der Waals surface area contributed by atoms with Crippen molar-refractivity contribution >= 4 is 11.6 Å². The Bertz CT molecular complexity index is 784. The molecule has 0 radical (unpaired) electrons. The molecule has 0 saturated carbocycles. The molecule has 156 valence electrons. The Kier molecular flexibility index (Phi) is 7.45. The number of carbonyl (C=O) groups excluding carboxylic acids is 1. The molecule has 1 fully saturated rings. The molecule has 1 amide bonds. The average Bonchev–Trinajstić information content (AvgIpc) is 2.78. The summed E-state index contributed by atoms with van der Waals surface area (Å²) in [4.78, 5) is 15.1. The van der Waals surface area contributed by atoms with E-state index in [2.05, 4.69) is 30.1 Å². The highest BCUT2D eigenvalue weighted by Gasteiger charge is 2.30. The van der Waals surface area contributed by atoms with Crippen LogP contribution in [0.1, 0.15) is 63.2 Å². The van der Waals surface area contributed by atoms with Crippen molar-refractivity contribution in [2.45, 2.75) is 58.1 Å². The van der Waals surface area contributed by atoms with Gasteiger partial charge in [0.05, 0.1) is 12.1 Å². The Morgan fingerprint density at radius 2 is 1.69 bits per heavy atom. The number of para-hydroxylation sites is 1. The van der Waals surface area contributed by atoms with Gasteiger partial charge in [0.25, 0.3) is 0 Å². The molecule has 3 unspecified atom stereocenters. The average molecular weight is 395 g/mol. The number of piperidine rings is 1. The SMILES string of the molecule is CCC(C)c1ccccc1NC(=O)C(C)N1CCC(C(O)c2ccccc2)CC1. The fraction of sp³-hybridized carbons (Fsp3) is 0.480. The maximum Gasteiger partial charge on any atom is 0.241 e. The summed E-state index contributed by atoms with van der Waals surface area (Å²) in [6.07, 6.45) is 2.42. The molecule has 0 aliphatic carbocycles. The molecule has 29 heavy (non-hydrogen) atoms. The Balaban J connectivity index is 1.57. The van der Waals surface area contributed by atoms with Crippen LogP contribution in [-0.4, -0.2) is 35.0 Å². The molecule has 1 aliphatic heterocycles. The van der Waals surface area contributed by atoms with Gasteiger partial charge in [0.2, 0.25) is 5.91 Å². The number of nitrogens with one attached hydrogen (secondary N) is 1. The third kappa shape index (κ3) is 5.26. The number of aliphatic hydroxyl groups excluding tert-OH is 1. The van der Waals surface area contributed by atoms with Crippen LogP contribution in [0.5, 0.6) is 0 Å². The van der Waals surface area contributed by atoms with Gasteiger partial charge in [-0.05, 0) is 68.3 Å². The van der Waals surface area contributed by atoms with Crippen LogP contribution in [0.3, 0.4) is 0 Å². The van der Waals surface area contributed by atoms with Crippen LogP contribution < -0.4 is 5.32 Å². The fourth-order valence-corrected chi connectivity index (χ4v) is 4.21. The molecule has 0 aromatic heterocycles. The first-order valence-corrected chi connectivity index (χ1v) is 10.9. The predicted octanol–water partition coefficient (Wildman–Crippen LogP) is 4.97. The minimum atomic E-state index is -0.426. The molecule has 4 heteroatoms. The van der Waals surface area contributed by atoms with Crippen LogP contribution in [0.25, 0.3) is 0 Å². The van der Waals surface area contributed by atoms with E-state index in [1.807, 2.05) is 55.5 Å². The van der Waals surface area contributed by atoms with E-state index in [-0.39, 0.29) is 17.9 Å². The van der Waals surface area contributed by atoms with Crippen LogP contribution in [0, 0.1) is 5.92 Å². The summed E-state index contributed by atoms with van der Waals surface area (Å²) < 4.78 is 0. The van der Waals surface area contributed by atoms with E-state index >= 15 is 0 Å². The topological polar surface area (TPSA) is 52.6 Å². The minimum Gasteiger partial charge on any atom is -0.388 e. The number of carbonyl (C=O) groups is 1. The third-order valence-corrected chi connectivity index (χ3v) is 6.45. The smallest absolute Gasteiger partial charge is 0.241 e. The van der Waals surface area contributed by atoms with Crippen LogP contribution in [0.2, 0.25) is 0 Å².